The summed E-state index contributed by atoms with van der Waals surface area (Å²) in [4.78, 5) is 28.4. The van der Waals surface area contributed by atoms with E-state index in [1.165, 1.54) is 128 Å². The summed E-state index contributed by atoms with van der Waals surface area (Å²) in [5.41, 5.74) is 5.94. The van der Waals surface area contributed by atoms with Gasteiger partial charge in [0.1, 0.15) is 0 Å². The largest absolute Gasteiger partial charge is 0.465 e. The first-order valence-corrected chi connectivity index (χ1v) is 23.3. The molecule has 0 heterocycles. The van der Waals surface area contributed by atoms with Crippen LogP contribution in [-0.4, -0.2) is 56.2 Å². The smallest absolute Gasteiger partial charge is 0.308 e. The first-order valence-electron chi connectivity index (χ1n) is 23.3. The minimum atomic E-state index is 0.0582. The fourth-order valence-corrected chi connectivity index (χ4v) is 7.42. The fourth-order valence-electron chi connectivity index (χ4n) is 7.42. The van der Waals surface area contributed by atoms with Crippen LogP contribution in [0.5, 0.6) is 0 Å². The normalized spacial score (nSPS) is 12.7. The van der Waals surface area contributed by atoms with Crippen LogP contribution in [0.1, 0.15) is 233 Å². The molecule has 2 N–H and O–H groups in total. The van der Waals surface area contributed by atoms with E-state index >= 15 is 0 Å². The molecule has 0 radical (unpaired) electrons. The second-order valence-electron chi connectivity index (χ2n) is 16.0. The maximum absolute atomic E-state index is 12.9. The molecular weight excluding hydrogens is 645 g/mol. The molecule has 0 amide bonds. The number of rotatable bonds is 42. The van der Waals surface area contributed by atoms with Crippen LogP contribution in [0.25, 0.3) is 0 Å². The van der Waals surface area contributed by atoms with Crippen LogP contribution in [0.3, 0.4) is 0 Å². The lowest BCUT2D eigenvalue weighted by Crippen LogP contribution is -2.31. The van der Waals surface area contributed by atoms with Gasteiger partial charge in [0.2, 0.25) is 0 Å². The molecule has 6 nitrogen and oxygen atoms in total. The second kappa shape index (κ2) is 41.0. The number of ether oxygens (including phenoxy) is 2. The molecule has 0 rings (SSSR count). The van der Waals surface area contributed by atoms with Crippen LogP contribution in [-0.2, 0) is 19.1 Å². The summed E-state index contributed by atoms with van der Waals surface area (Å²) < 4.78 is 11.6. The van der Waals surface area contributed by atoms with Crippen molar-refractivity contribution in [3.8, 4) is 0 Å². The van der Waals surface area contributed by atoms with Gasteiger partial charge in [-0.25, -0.2) is 0 Å². The Morgan fingerprint density at radius 3 is 1.04 bits per heavy atom. The highest BCUT2D eigenvalue weighted by Gasteiger charge is 2.20. The third kappa shape index (κ3) is 33.4. The van der Waals surface area contributed by atoms with Gasteiger partial charge in [0.05, 0.1) is 25.0 Å². The Morgan fingerprint density at radius 2 is 0.692 bits per heavy atom. The highest BCUT2D eigenvalue weighted by atomic mass is 16.5. The summed E-state index contributed by atoms with van der Waals surface area (Å²) in [6.07, 6.45) is 37.8. The summed E-state index contributed by atoms with van der Waals surface area (Å²) in [6.45, 7) is 14.0. The molecule has 0 saturated carbocycles. The van der Waals surface area contributed by atoms with Gasteiger partial charge in [-0.15, -0.1) is 0 Å². The number of carbonyl (C=O) groups excluding carboxylic acids is 2. The molecule has 0 saturated heterocycles. The topological polar surface area (TPSA) is 81.9 Å². The standard InChI is InChI=1S/C46H92N2O4/c1-5-9-13-17-19-27-35-43(33-25-15-11-7-3)45(49)51-41-31-23-21-29-38-48(40-37-47)39-30-22-24-32-42-52-46(50)44(34-26-16-12-8-4)36-28-20-18-14-10-6-2/h43-44H,5-42,47H2,1-4H3. The zero-order valence-electron chi connectivity index (χ0n) is 35.7. The summed E-state index contributed by atoms with van der Waals surface area (Å²) in [6, 6.07) is 0. The first-order chi connectivity index (χ1) is 25.5. The summed E-state index contributed by atoms with van der Waals surface area (Å²) in [5, 5.41) is 0. The van der Waals surface area contributed by atoms with E-state index in [9.17, 15) is 9.59 Å². The van der Waals surface area contributed by atoms with Crippen molar-refractivity contribution in [3.63, 3.8) is 0 Å². The van der Waals surface area contributed by atoms with E-state index in [1.54, 1.807) is 0 Å². The van der Waals surface area contributed by atoms with Crippen molar-refractivity contribution in [1.29, 1.82) is 0 Å². The van der Waals surface area contributed by atoms with E-state index in [0.29, 0.717) is 19.8 Å². The fraction of sp³-hybridized carbons (Fsp3) is 0.957. The molecular formula is C46H92N2O4. The first kappa shape index (κ1) is 50.9. The molecule has 0 aromatic heterocycles. The van der Waals surface area contributed by atoms with Gasteiger partial charge in [0.15, 0.2) is 0 Å². The van der Waals surface area contributed by atoms with Gasteiger partial charge in [-0.1, -0.05) is 182 Å². The Bertz CT molecular complexity index is 690. The predicted octanol–water partition coefficient (Wildman–Crippen LogP) is 13.1. The monoisotopic (exact) mass is 737 g/mol. The summed E-state index contributed by atoms with van der Waals surface area (Å²) in [5.74, 6) is 0.311. The van der Waals surface area contributed by atoms with Gasteiger partial charge < -0.3 is 20.1 Å². The molecule has 52 heavy (non-hydrogen) atoms. The van der Waals surface area contributed by atoms with E-state index in [0.717, 1.165) is 96.7 Å². The molecule has 2 unspecified atom stereocenters. The van der Waals surface area contributed by atoms with Crippen molar-refractivity contribution >= 4 is 11.9 Å². The Morgan fingerprint density at radius 1 is 0.404 bits per heavy atom. The Kier molecular flexibility index (Phi) is 40.1. The summed E-state index contributed by atoms with van der Waals surface area (Å²) >= 11 is 0. The van der Waals surface area contributed by atoms with Gasteiger partial charge in [-0.2, -0.15) is 0 Å². The van der Waals surface area contributed by atoms with Crippen LogP contribution >= 0.6 is 0 Å². The van der Waals surface area contributed by atoms with Gasteiger partial charge in [0, 0.05) is 13.1 Å². The third-order valence-electron chi connectivity index (χ3n) is 11.0. The molecule has 0 aliphatic heterocycles. The molecule has 0 fully saturated rings. The van der Waals surface area contributed by atoms with Crippen molar-refractivity contribution in [3.05, 3.63) is 0 Å². The molecule has 6 heteroatoms. The molecule has 0 spiro atoms. The average Bonchev–Trinajstić information content (AvgIpc) is 3.14. The maximum atomic E-state index is 12.9. The molecule has 2 atom stereocenters. The predicted molar refractivity (Wildman–Crippen MR) is 225 cm³/mol. The minimum Gasteiger partial charge on any atom is -0.465 e. The van der Waals surface area contributed by atoms with Gasteiger partial charge in [-0.3, -0.25) is 9.59 Å². The number of carbonyl (C=O) groups is 2. The second-order valence-corrected chi connectivity index (χ2v) is 16.0. The van der Waals surface area contributed by atoms with E-state index in [-0.39, 0.29) is 23.8 Å². The highest BCUT2D eigenvalue weighted by molar-refractivity contribution is 5.72. The quantitative estimate of drug-likeness (QED) is 0.0496. The van der Waals surface area contributed by atoms with Crippen LogP contribution in [0.15, 0.2) is 0 Å². The van der Waals surface area contributed by atoms with Gasteiger partial charge in [-0.05, 0) is 64.5 Å². The molecule has 0 aromatic carbocycles. The van der Waals surface area contributed by atoms with Crippen molar-refractivity contribution in [2.75, 3.05) is 39.4 Å². The number of esters is 2. The Hall–Kier alpha value is -1.14. The zero-order chi connectivity index (χ0) is 38.2. The SMILES string of the molecule is CCCCCCCCC(CCCCCC)C(=O)OCCCCCCN(CCN)CCCCCCOC(=O)C(CCCCCC)CCCCCCCC. The maximum Gasteiger partial charge on any atom is 0.308 e. The number of hydrogen-bond acceptors (Lipinski definition) is 6. The van der Waals surface area contributed by atoms with Crippen LogP contribution in [0, 0.1) is 11.8 Å². The third-order valence-corrected chi connectivity index (χ3v) is 11.0. The van der Waals surface area contributed by atoms with Crippen LogP contribution in [0.2, 0.25) is 0 Å². The van der Waals surface area contributed by atoms with Crippen molar-refractivity contribution in [1.82, 2.24) is 4.90 Å². The lowest BCUT2D eigenvalue weighted by atomic mass is 9.94. The molecule has 0 bridgehead atoms. The highest BCUT2D eigenvalue weighted by Crippen LogP contribution is 2.22. The number of nitrogens with zero attached hydrogens (tertiary/aromatic N) is 1. The Labute approximate surface area is 325 Å². The lowest BCUT2D eigenvalue weighted by molar-refractivity contribution is -0.150. The van der Waals surface area contributed by atoms with Crippen molar-refractivity contribution in [2.45, 2.75) is 233 Å². The van der Waals surface area contributed by atoms with Crippen LogP contribution in [0.4, 0.5) is 0 Å². The van der Waals surface area contributed by atoms with Crippen molar-refractivity contribution < 1.29 is 19.1 Å². The van der Waals surface area contributed by atoms with E-state index in [2.05, 4.69) is 32.6 Å². The molecule has 0 aliphatic rings. The average molecular weight is 737 g/mol. The van der Waals surface area contributed by atoms with Gasteiger partial charge >= 0.3 is 11.9 Å². The Balaban J connectivity index is 4.20. The number of hydrogen-bond donors (Lipinski definition) is 1. The minimum absolute atomic E-state index is 0.0582. The van der Waals surface area contributed by atoms with Gasteiger partial charge in [0.25, 0.3) is 0 Å². The van der Waals surface area contributed by atoms with E-state index in [1.807, 2.05) is 0 Å². The number of nitrogens with two attached hydrogens (primary N) is 1. The number of unbranched alkanes of at least 4 members (excludes halogenated alkanes) is 22. The van der Waals surface area contributed by atoms with E-state index in [4.69, 9.17) is 15.2 Å². The molecule has 0 aromatic rings. The lowest BCUT2D eigenvalue weighted by Gasteiger charge is -2.21. The van der Waals surface area contributed by atoms with Crippen molar-refractivity contribution in [2.24, 2.45) is 17.6 Å². The van der Waals surface area contributed by atoms with E-state index < -0.39 is 0 Å². The zero-order valence-corrected chi connectivity index (χ0v) is 35.7. The summed E-state index contributed by atoms with van der Waals surface area (Å²) in [7, 11) is 0. The van der Waals surface area contributed by atoms with Crippen LogP contribution < -0.4 is 5.73 Å². The molecule has 0 aliphatic carbocycles. The molecule has 310 valence electrons.